The van der Waals surface area contributed by atoms with Gasteiger partial charge in [-0.15, -0.1) is 0 Å². The number of nitrogens with one attached hydrogen (secondary N) is 1. The van der Waals surface area contributed by atoms with Gasteiger partial charge in [0, 0.05) is 6.04 Å². The smallest absolute Gasteiger partial charge is 0.243 e. The van der Waals surface area contributed by atoms with Gasteiger partial charge in [0.1, 0.15) is 24.3 Å². The van der Waals surface area contributed by atoms with Gasteiger partial charge < -0.3 is 19.4 Å². The first-order valence-electron chi connectivity index (χ1n) is 13.4. The van der Waals surface area contributed by atoms with Gasteiger partial charge in [0.15, 0.2) is 11.5 Å². The molecule has 0 spiro atoms. The van der Waals surface area contributed by atoms with E-state index < -0.39 is 6.04 Å². The van der Waals surface area contributed by atoms with Crippen molar-refractivity contribution >= 4 is 16.9 Å². The third-order valence-corrected chi connectivity index (χ3v) is 7.75. The first kappa shape index (κ1) is 24.6. The summed E-state index contributed by atoms with van der Waals surface area (Å²) in [4.78, 5) is 18.8. The number of para-hydroxylation sites is 2. The van der Waals surface area contributed by atoms with Crippen LogP contribution in [-0.4, -0.2) is 28.6 Å². The topological polar surface area (TPSA) is 65.4 Å². The van der Waals surface area contributed by atoms with Crippen LogP contribution >= 0.6 is 0 Å². The summed E-state index contributed by atoms with van der Waals surface area (Å²) in [5.74, 6) is 1.71. The maximum absolute atomic E-state index is 14.5. The number of aromatic nitrogens is 2. The molecule has 0 radical (unpaired) electrons. The Labute approximate surface area is 212 Å². The van der Waals surface area contributed by atoms with Crippen molar-refractivity contribution in [3.05, 3.63) is 54.1 Å². The van der Waals surface area contributed by atoms with E-state index in [4.69, 9.17) is 14.5 Å². The van der Waals surface area contributed by atoms with E-state index in [2.05, 4.69) is 5.32 Å². The Kier molecular flexibility index (Phi) is 7.73. The molecule has 1 N–H and O–H groups in total. The summed E-state index contributed by atoms with van der Waals surface area (Å²) in [7, 11) is 1.61. The number of nitrogens with zero attached hydrogens (tertiary/aromatic N) is 2. The van der Waals surface area contributed by atoms with E-state index in [0.29, 0.717) is 28.4 Å². The van der Waals surface area contributed by atoms with Crippen LogP contribution in [0.2, 0.25) is 0 Å². The second-order valence-electron chi connectivity index (χ2n) is 10.2. The number of ether oxygens (including phenoxy) is 2. The van der Waals surface area contributed by atoms with Crippen molar-refractivity contribution in [2.45, 2.75) is 82.9 Å². The molecule has 2 aliphatic carbocycles. The predicted molar refractivity (Wildman–Crippen MR) is 138 cm³/mol. The fourth-order valence-electron chi connectivity index (χ4n) is 5.93. The number of halogens is 1. The fraction of sp³-hybridized carbons (Fsp3) is 0.517. The average molecular weight is 494 g/mol. The van der Waals surface area contributed by atoms with Crippen molar-refractivity contribution in [2.75, 3.05) is 7.11 Å². The summed E-state index contributed by atoms with van der Waals surface area (Å²) in [6, 6.07) is 11.8. The molecule has 192 valence electrons. The highest BCUT2D eigenvalue weighted by atomic mass is 19.1. The summed E-state index contributed by atoms with van der Waals surface area (Å²) >= 11 is 0. The number of amides is 1. The van der Waals surface area contributed by atoms with Crippen molar-refractivity contribution in [3.63, 3.8) is 0 Å². The highest BCUT2D eigenvalue weighted by molar-refractivity contribution is 5.85. The minimum atomic E-state index is -0.449. The summed E-state index contributed by atoms with van der Waals surface area (Å²) in [5, 5.41) is 3.36. The Balaban J connectivity index is 1.53. The highest BCUT2D eigenvalue weighted by Crippen LogP contribution is 2.37. The minimum absolute atomic E-state index is 0.0240. The molecule has 1 aromatic heterocycles. The molecule has 7 heteroatoms. The van der Waals surface area contributed by atoms with Crippen LogP contribution in [0.4, 0.5) is 4.39 Å². The SMILES string of the molecule is COc1ccccc1OCc1nc2ccc(F)cc2n1C(C(=O)NC1CCCCC1)C1CCCCC1. The Morgan fingerprint density at radius 1 is 1.03 bits per heavy atom. The lowest BCUT2D eigenvalue weighted by Crippen LogP contribution is -2.44. The van der Waals surface area contributed by atoms with Gasteiger partial charge in [-0.25, -0.2) is 9.37 Å². The predicted octanol–water partition coefficient (Wildman–Crippen LogP) is 6.33. The Morgan fingerprint density at radius 3 is 2.44 bits per heavy atom. The van der Waals surface area contributed by atoms with Crippen molar-refractivity contribution < 1.29 is 18.7 Å². The quantitative estimate of drug-likeness (QED) is 0.398. The van der Waals surface area contributed by atoms with Crippen LogP contribution in [0.1, 0.15) is 76.1 Å². The highest BCUT2D eigenvalue weighted by Gasteiger charge is 2.35. The van der Waals surface area contributed by atoms with Crippen LogP contribution in [0.15, 0.2) is 42.5 Å². The zero-order valence-corrected chi connectivity index (χ0v) is 21.0. The maximum Gasteiger partial charge on any atom is 0.243 e. The monoisotopic (exact) mass is 493 g/mol. The van der Waals surface area contributed by atoms with Gasteiger partial charge >= 0.3 is 0 Å². The summed E-state index contributed by atoms with van der Waals surface area (Å²) in [6.07, 6.45) is 10.9. The Bertz CT molecular complexity index is 1180. The van der Waals surface area contributed by atoms with Gasteiger partial charge in [-0.3, -0.25) is 4.79 Å². The second-order valence-corrected chi connectivity index (χ2v) is 10.2. The summed E-state index contributed by atoms with van der Waals surface area (Å²) < 4.78 is 28.0. The van der Waals surface area contributed by atoms with Gasteiger partial charge in [0.05, 0.1) is 18.1 Å². The van der Waals surface area contributed by atoms with Crippen LogP contribution in [0.5, 0.6) is 11.5 Å². The molecule has 2 saturated carbocycles. The minimum Gasteiger partial charge on any atom is -0.493 e. The zero-order chi connectivity index (χ0) is 24.9. The van der Waals surface area contributed by atoms with Gasteiger partial charge in [0.2, 0.25) is 5.91 Å². The number of imidazole rings is 1. The average Bonchev–Trinajstić information content (AvgIpc) is 3.26. The molecule has 5 rings (SSSR count). The molecular weight excluding hydrogens is 457 g/mol. The van der Waals surface area contributed by atoms with Crippen molar-refractivity contribution in [1.29, 1.82) is 0 Å². The van der Waals surface area contributed by atoms with Crippen LogP contribution < -0.4 is 14.8 Å². The Hall–Kier alpha value is -3.09. The number of benzene rings is 2. The number of hydrogen-bond acceptors (Lipinski definition) is 4. The van der Waals surface area contributed by atoms with Gasteiger partial charge in [-0.1, -0.05) is 50.7 Å². The van der Waals surface area contributed by atoms with E-state index in [0.717, 1.165) is 51.4 Å². The molecule has 1 atom stereocenters. The molecule has 1 heterocycles. The van der Waals surface area contributed by atoms with Crippen LogP contribution in [0.25, 0.3) is 11.0 Å². The van der Waals surface area contributed by atoms with Crippen molar-refractivity contribution in [2.24, 2.45) is 5.92 Å². The summed E-state index contributed by atoms with van der Waals surface area (Å²) in [6.45, 7) is 0.149. The number of fused-ring (bicyclic) bond motifs is 1. The van der Waals surface area contributed by atoms with E-state index in [9.17, 15) is 9.18 Å². The largest absolute Gasteiger partial charge is 0.493 e. The molecule has 1 unspecified atom stereocenters. The van der Waals surface area contributed by atoms with Gasteiger partial charge in [-0.05, 0) is 61.9 Å². The molecule has 0 bridgehead atoms. The molecule has 36 heavy (non-hydrogen) atoms. The maximum atomic E-state index is 14.5. The van der Waals surface area contributed by atoms with Crippen LogP contribution in [0.3, 0.4) is 0 Å². The number of methoxy groups -OCH3 is 1. The lowest BCUT2D eigenvalue weighted by Gasteiger charge is -2.33. The third-order valence-electron chi connectivity index (χ3n) is 7.75. The fourth-order valence-corrected chi connectivity index (χ4v) is 5.93. The number of carbonyl (C=O) groups is 1. The molecule has 2 aliphatic rings. The van der Waals surface area contributed by atoms with Gasteiger partial charge in [-0.2, -0.15) is 0 Å². The van der Waals surface area contributed by atoms with Crippen LogP contribution in [-0.2, 0) is 11.4 Å². The standard InChI is InChI=1S/C29H36FN3O3/c1-35-25-14-8-9-15-26(25)36-19-27-32-23-17-16-21(30)18-24(23)33(27)28(20-10-4-2-5-11-20)29(34)31-22-12-6-3-7-13-22/h8-9,14-18,20,22,28H,2-7,10-13,19H2,1H3,(H,31,34). The van der Waals surface area contributed by atoms with Crippen LogP contribution in [0, 0.1) is 11.7 Å². The van der Waals surface area contributed by atoms with E-state index in [1.807, 2.05) is 28.8 Å². The molecule has 2 aromatic carbocycles. The molecule has 2 fully saturated rings. The second kappa shape index (κ2) is 11.3. The van der Waals surface area contributed by atoms with E-state index in [1.165, 1.54) is 25.0 Å². The summed E-state index contributed by atoms with van der Waals surface area (Å²) in [5.41, 5.74) is 1.31. The lowest BCUT2D eigenvalue weighted by atomic mass is 9.83. The first-order chi connectivity index (χ1) is 17.6. The van der Waals surface area contributed by atoms with Crippen molar-refractivity contribution in [1.82, 2.24) is 14.9 Å². The molecule has 0 aliphatic heterocycles. The first-order valence-corrected chi connectivity index (χ1v) is 13.4. The normalized spacial score (nSPS) is 18.2. The lowest BCUT2D eigenvalue weighted by molar-refractivity contribution is -0.127. The van der Waals surface area contributed by atoms with E-state index >= 15 is 0 Å². The Morgan fingerprint density at radius 2 is 1.72 bits per heavy atom. The molecule has 3 aromatic rings. The molecular formula is C29H36FN3O3. The molecule has 6 nitrogen and oxygen atoms in total. The number of rotatable bonds is 8. The zero-order valence-electron chi connectivity index (χ0n) is 21.0. The molecule has 0 saturated heterocycles. The van der Waals surface area contributed by atoms with E-state index in [-0.39, 0.29) is 30.3 Å². The van der Waals surface area contributed by atoms with Crippen molar-refractivity contribution in [3.8, 4) is 11.5 Å². The van der Waals surface area contributed by atoms with Gasteiger partial charge in [0.25, 0.3) is 0 Å². The molecule has 1 amide bonds. The third kappa shape index (κ3) is 5.35. The number of carbonyl (C=O) groups excluding carboxylic acids is 1. The van der Waals surface area contributed by atoms with E-state index in [1.54, 1.807) is 13.2 Å². The number of hydrogen-bond donors (Lipinski definition) is 1.